The van der Waals surface area contributed by atoms with E-state index >= 15 is 0 Å². The Morgan fingerprint density at radius 2 is 2.11 bits per heavy atom. The van der Waals surface area contributed by atoms with Crippen molar-refractivity contribution in [3.05, 3.63) is 64.2 Å². The number of halogens is 3. The lowest BCUT2D eigenvalue weighted by atomic mass is 10.3. The van der Waals surface area contributed by atoms with Crippen LogP contribution in [0.2, 0.25) is 0 Å². The van der Waals surface area contributed by atoms with Crippen molar-refractivity contribution in [2.45, 2.75) is 13.3 Å². The quantitative estimate of drug-likeness (QED) is 0.592. The van der Waals surface area contributed by atoms with Crippen molar-refractivity contribution < 1.29 is 18.3 Å². The predicted molar refractivity (Wildman–Crippen MR) is 95.9 cm³/mol. The molecule has 3 aromatic rings. The molecule has 0 radical (unpaired) electrons. The van der Waals surface area contributed by atoms with Gasteiger partial charge in [-0.05, 0) is 34.1 Å². The Morgan fingerprint density at radius 1 is 1.33 bits per heavy atom. The monoisotopic (exact) mass is 439 g/mol. The van der Waals surface area contributed by atoms with Crippen LogP contribution in [0, 0.1) is 11.6 Å². The number of aryl methyl sites for hydroxylation is 1. The van der Waals surface area contributed by atoms with E-state index in [4.69, 9.17) is 4.74 Å². The Bertz CT molecular complexity index is 953. The van der Waals surface area contributed by atoms with Crippen LogP contribution in [0.4, 0.5) is 8.78 Å². The molecule has 0 aliphatic heterocycles. The van der Waals surface area contributed by atoms with Gasteiger partial charge in [0, 0.05) is 26.4 Å². The van der Waals surface area contributed by atoms with E-state index in [0.717, 1.165) is 22.3 Å². The van der Waals surface area contributed by atoms with Gasteiger partial charge in [0.15, 0.2) is 24.0 Å². The third-order valence-electron chi connectivity index (χ3n) is 3.85. The molecule has 7 nitrogen and oxygen atoms in total. The number of hydrogen-bond donors (Lipinski definition) is 0. The summed E-state index contributed by atoms with van der Waals surface area (Å²) in [7, 11) is 3.45. The first-order valence-corrected chi connectivity index (χ1v) is 8.67. The lowest BCUT2D eigenvalue weighted by molar-refractivity contribution is 0.0773. The van der Waals surface area contributed by atoms with Crippen molar-refractivity contribution >= 4 is 21.8 Å². The van der Waals surface area contributed by atoms with Gasteiger partial charge in [-0.1, -0.05) is 0 Å². The Balaban J connectivity index is 1.63. The van der Waals surface area contributed by atoms with Crippen molar-refractivity contribution in [3.63, 3.8) is 0 Å². The van der Waals surface area contributed by atoms with Crippen molar-refractivity contribution in [2.75, 3.05) is 7.05 Å². The van der Waals surface area contributed by atoms with E-state index in [0.29, 0.717) is 6.54 Å². The summed E-state index contributed by atoms with van der Waals surface area (Å²) in [5, 5.41) is 8.25. The summed E-state index contributed by atoms with van der Waals surface area (Å²) in [6, 6.07) is 4.57. The zero-order chi connectivity index (χ0) is 19.6. The molecule has 3 rings (SSSR count). The van der Waals surface area contributed by atoms with Gasteiger partial charge in [-0.15, -0.1) is 0 Å². The second-order valence-electron chi connectivity index (χ2n) is 5.81. The summed E-state index contributed by atoms with van der Waals surface area (Å²) >= 11 is 3.40. The number of carbonyl (C=O) groups excluding carboxylic acids is 1. The Morgan fingerprint density at radius 3 is 2.78 bits per heavy atom. The number of amides is 1. The zero-order valence-electron chi connectivity index (χ0n) is 14.6. The van der Waals surface area contributed by atoms with Crippen LogP contribution in [-0.4, -0.2) is 37.4 Å². The molecule has 142 valence electrons. The maximum absolute atomic E-state index is 13.6. The van der Waals surface area contributed by atoms with Gasteiger partial charge in [0.1, 0.15) is 5.82 Å². The van der Waals surface area contributed by atoms with E-state index < -0.39 is 11.6 Å². The number of aromatic nitrogens is 4. The summed E-state index contributed by atoms with van der Waals surface area (Å²) < 4.78 is 35.6. The summed E-state index contributed by atoms with van der Waals surface area (Å²) in [6.07, 6.45) is 3.21. The molecule has 0 N–H and O–H groups in total. The number of ether oxygens (including phenoxy) is 1. The molecule has 0 unspecified atom stereocenters. The molecule has 1 amide bonds. The molecule has 0 spiro atoms. The largest absolute Gasteiger partial charge is 0.468 e. The van der Waals surface area contributed by atoms with Gasteiger partial charge >= 0.3 is 0 Å². The number of benzene rings is 1. The molecule has 10 heteroatoms. The molecule has 0 aliphatic rings. The lowest BCUT2D eigenvalue weighted by Crippen LogP contribution is -2.28. The molecule has 2 aromatic heterocycles. The van der Waals surface area contributed by atoms with Gasteiger partial charge in [0.05, 0.1) is 22.9 Å². The van der Waals surface area contributed by atoms with E-state index in [1.54, 1.807) is 37.2 Å². The summed E-state index contributed by atoms with van der Waals surface area (Å²) in [6.45, 7) is 0.229. The van der Waals surface area contributed by atoms with E-state index in [2.05, 4.69) is 26.1 Å². The second kappa shape index (κ2) is 7.87. The van der Waals surface area contributed by atoms with E-state index in [1.165, 1.54) is 15.6 Å². The SMILES string of the molecule is CN(Cc1c(Br)cnn1C)C(=O)c1ccn(COc2ccc(F)cc2F)n1. The van der Waals surface area contributed by atoms with Crippen LogP contribution in [0.5, 0.6) is 5.75 Å². The number of nitrogens with zero attached hydrogens (tertiary/aromatic N) is 5. The van der Waals surface area contributed by atoms with E-state index in [1.807, 2.05) is 0 Å². The lowest BCUT2D eigenvalue weighted by Gasteiger charge is -2.16. The molecule has 0 bridgehead atoms. The van der Waals surface area contributed by atoms with Crippen LogP contribution in [-0.2, 0) is 20.3 Å². The summed E-state index contributed by atoms with van der Waals surface area (Å²) in [5.74, 6) is -1.87. The van der Waals surface area contributed by atoms with Crippen LogP contribution in [0.15, 0.2) is 41.1 Å². The predicted octanol–water partition coefficient (Wildman–Crippen LogP) is 2.97. The molecule has 0 atom stereocenters. The van der Waals surface area contributed by atoms with Gasteiger partial charge in [-0.3, -0.25) is 9.48 Å². The molecule has 27 heavy (non-hydrogen) atoms. The molecule has 2 heterocycles. The first-order chi connectivity index (χ1) is 12.8. The van der Waals surface area contributed by atoms with Gasteiger partial charge < -0.3 is 9.64 Å². The normalized spacial score (nSPS) is 10.9. The minimum Gasteiger partial charge on any atom is -0.468 e. The first-order valence-electron chi connectivity index (χ1n) is 7.88. The van der Waals surface area contributed by atoms with Crippen molar-refractivity contribution in [3.8, 4) is 5.75 Å². The van der Waals surface area contributed by atoms with Crippen molar-refractivity contribution in [2.24, 2.45) is 7.05 Å². The topological polar surface area (TPSA) is 65.2 Å². The van der Waals surface area contributed by atoms with Crippen LogP contribution >= 0.6 is 15.9 Å². The highest BCUT2D eigenvalue weighted by Gasteiger charge is 2.18. The van der Waals surface area contributed by atoms with Crippen LogP contribution < -0.4 is 4.74 Å². The highest BCUT2D eigenvalue weighted by Crippen LogP contribution is 2.19. The Kier molecular flexibility index (Phi) is 5.54. The number of rotatable bonds is 6. The third-order valence-corrected chi connectivity index (χ3v) is 4.51. The van der Waals surface area contributed by atoms with Gasteiger partial charge in [0.2, 0.25) is 0 Å². The zero-order valence-corrected chi connectivity index (χ0v) is 16.2. The first kappa shape index (κ1) is 19.0. The number of hydrogen-bond acceptors (Lipinski definition) is 4. The van der Waals surface area contributed by atoms with Gasteiger partial charge in [-0.25, -0.2) is 13.5 Å². The van der Waals surface area contributed by atoms with Crippen molar-refractivity contribution in [1.29, 1.82) is 0 Å². The molecule has 1 aromatic carbocycles. The molecular formula is C17H16BrF2N5O2. The fraction of sp³-hybridized carbons (Fsp3) is 0.235. The maximum atomic E-state index is 13.6. The molecule has 0 saturated carbocycles. The molecule has 0 fully saturated rings. The van der Waals surface area contributed by atoms with Gasteiger partial charge in [0.25, 0.3) is 5.91 Å². The van der Waals surface area contributed by atoms with Crippen LogP contribution in [0.3, 0.4) is 0 Å². The summed E-state index contributed by atoms with van der Waals surface area (Å²) in [5.41, 5.74) is 1.07. The maximum Gasteiger partial charge on any atom is 0.274 e. The smallest absolute Gasteiger partial charge is 0.274 e. The standard InChI is InChI=1S/C17H16BrF2N5O2/c1-23(9-15-12(18)8-21-24(15)2)17(26)14-5-6-25(22-14)10-27-16-4-3-11(19)7-13(16)20/h3-8H,9-10H2,1-2H3. The fourth-order valence-electron chi connectivity index (χ4n) is 2.38. The van der Waals surface area contributed by atoms with E-state index in [-0.39, 0.29) is 24.1 Å². The molecule has 0 saturated heterocycles. The third kappa shape index (κ3) is 4.33. The number of carbonyl (C=O) groups is 1. The van der Waals surface area contributed by atoms with Crippen molar-refractivity contribution in [1.82, 2.24) is 24.5 Å². The Labute approximate surface area is 162 Å². The summed E-state index contributed by atoms with van der Waals surface area (Å²) in [4.78, 5) is 14.0. The average Bonchev–Trinajstić information content (AvgIpc) is 3.22. The second-order valence-corrected chi connectivity index (χ2v) is 6.67. The minimum atomic E-state index is -0.806. The molecular weight excluding hydrogens is 424 g/mol. The highest BCUT2D eigenvalue weighted by atomic mass is 79.9. The van der Waals surface area contributed by atoms with Crippen LogP contribution in [0.1, 0.15) is 16.2 Å². The Hall–Kier alpha value is -2.75. The fourth-order valence-corrected chi connectivity index (χ4v) is 2.86. The van der Waals surface area contributed by atoms with E-state index in [9.17, 15) is 13.6 Å². The van der Waals surface area contributed by atoms with Gasteiger partial charge in [-0.2, -0.15) is 10.2 Å². The minimum absolute atomic E-state index is 0.0991. The van der Waals surface area contributed by atoms with Crippen LogP contribution in [0.25, 0.3) is 0 Å². The average molecular weight is 440 g/mol. The highest BCUT2D eigenvalue weighted by molar-refractivity contribution is 9.10. The molecule has 0 aliphatic carbocycles.